The van der Waals surface area contributed by atoms with Crippen LogP contribution in [0.4, 0.5) is 18.9 Å². The number of carbonyl (C=O) groups excluding carboxylic acids is 1. The van der Waals surface area contributed by atoms with Crippen molar-refractivity contribution >= 4 is 11.6 Å². The van der Waals surface area contributed by atoms with Crippen molar-refractivity contribution in [3.8, 4) is 6.07 Å². The summed E-state index contributed by atoms with van der Waals surface area (Å²) in [4.78, 5) is 16.7. The predicted molar refractivity (Wildman–Crippen MR) is 117 cm³/mol. The van der Waals surface area contributed by atoms with Gasteiger partial charge in [-0.15, -0.1) is 0 Å². The third kappa shape index (κ3) is 4.42. The summed E-state index contributed by atoms with van der Waals surface area (Å²) in [6, 6.07) is 13.1. The molecule has 2 aromatic rings. The maximum atomic E-state index is 13.4. The van der Waals surface area contributed by atoms with Gasteiger partial charge in [-0.3, -0.25) is 4.79 Å². The number of amides is 1. The molecule has 8 heteroatoms. The Hall–Kier alpha value is -3.05. The summed E-state index contributed by atoms with van der Waals surface area (Å²) in [5.41, 5.74) is 0.626. The molecule has 2 saturated heterocycles. The van der Waals surface area contributed by atoms with Crippen LogP contribution in [0.25, 0.3) is 0 Å². The Morgan fingerprint density at radius 3 is 2.67 bits per heavy atom. The number of aliphatic hydroxyl groups is 1. The average Bonchev–Trinajstić information content (AvgIpc) is 3.19. The van der Waals surface area contributed by atoms with Gasteiger partial charge in [0, 0.05) is 43.2 Å². The molecule has 1 N–H and O–H groups in total. The number of rotatable bonds is 4. The predicted octanol–water partition coefficient (Wildman–Crippen LogP) is 3.78. The van der Waals surface area contributed by atoms with Gasteiger partial charge in [0.05, 0.1) is 30.2 Å². The maximum absolute atomic E-state index is 13.4. The summed E-state index contributed by atoms with van der Waals surface area (Å²) in [5.74, 6) is -0.0575. The number of hydrogen-bond donors (Lipinski definition) is 1. The van der Waals surface area contributed by atoms with Crippen molar-refractivity contribution in [3.63, 3.8) is 0 Å². The van der Waals surface area contributed by atoms with Crippen LogP contribution in [-0.2, 0) is 17.4 Å². The van der Waals surface area contributed by atoms with Gasteiger partial charge in [-0.2, -0.15) is 18.4 Å². The Labute approximate surface area is 191 Å². The standard InChI is InChI=1S/C25H26F3N3O2/c1-17-4-2-3-5-18(17)10-23(33)31-14-20-13-30(9-8-24(20,15-31)16-32)21-7-6-19(12-29)22(11-21)25(26,27)28/h2-7,11,20,32H,8-10,13-16H2,1H3/t20-,24+/m1/s1. The minimum atomic E-state index is -4.61. The van der Waals surface area contributed by atoms with Crippen LogP contribution in [-0.4, -0.2) is 48.7 Å². The number of benzene rings is 2. The molecule has 0 radical (unpaired) electrons. The van der Waals surface area contributed by atoms with E-state index in [0.29, 0.717) is 38.3 Å². The number of aryl methyl sites for hydroxylation is 1. The van der Waals surface area contributed by atoms with Crippen molar-refractivity contribution in [2.75, 3.05) is 37.7 Å². The van der Waals surface area contributed by atoms with Crippen molar-refractivity contribution in [2.24, 2.45) is 11.3 Å². The smallest absolute Gasteiger partial charge is 0.396 e. The highest BCUT2D eigenvalue weighted by atomic mass is 19.4. The molecule has 0 unspecified atom stereocenters. The lowest BCUT2D eigenvalue weighted by Gasteiger charge is -2.43. The van der Waals surface area contributed by atoms with Crippen molar-refractivity contribution in [2.45, 2.75) is 25.9 Å². The third-order valence-electron chi connectivity index (χ3n) is 7.20. The molecule has 1 amide bonds. The molecule has 0 bridgehead atoms. The summed E-state index contributed by atoms with van der Waals surface area (Å²) < 4.78 is 40.2. The fourth-order valence-electron chi connectivity index (χ4n) is 5.11. The van der Waals surface area contributed by atoms with E-state index in [2.05, 4.69) is 0 Å². The Balaban J connectivity index is 1.52. The molecule has 2 aromatic carbocycles. The highest BCUT2D eigenvalue weighted by Crippen LogP contribution is 2.44. The Kier molecular flexibility index (Phi) is 6.10. The zero-order chi connectivity index (χ0) is 23.8. The molecule has 4 rings (SSSR count). The molecule has 0 saturated carbocycles. The van der Waals surface area contributed by atoms with Crippen LogP contribution < -0.4 is 4.90 Å². The van der Waals surface area contributed by atoms with Crippen molar-refractivity contribution in [1.82, 2.24) is 4.90 Å². The van der Waals surface area contributed by atoms with E-state index in [1.165, 1.54) is 12.1 Å². The van der Waals surface area contributed by atoms with E-state index >= 15 is 0 Å². The fraction of sp³-hybridized carbons (Fsp3) is 0.440. The lowest BCUT2D eigenvalue weighted by molar-refractivity contribution is -0.137. The van der Waals surface area contributed by atoms with E-state index in [4.69, 9.17) is 5.26 Å². The maximum Gasteiger partial charge on any atom is 0.417 e. The van der Waals surface area contributed by atoms with Gasteiger partial charge < -0.3 is 14.9 Å². The van der Waals surface area contributed by atoms with E-state index in [1.807, 2.05) is 36.1 Å². The second-order valence-corrected chi connectivity index (χ2v) is 9.13. The van der Waals surface area contributed by atoms with Gasteiger partial charge in [0.15, 0.2) is 0 Å². The molecular weight excluding hydrogens is 431 g/mol. The zero-order valence-corrected chi connectivity index (χ0v) is 18.4. The number of nitriles is 1. The van der Waals surface area contributed by atoms with E-state index in [-0.39, 0.29) is 24.9 Å². The molecule has 2 fully saturated rings. The molecule has 5 nitrogen and oxygen atoms in total. The number of hydrogen-bond acceptors (Lipinski definition) is 4. The van der Waals surface area contributed by atoms with E-state index in [1.54, 1.807) is 11.0 Å². The van der Waals surface area contributed by atoms with Gasteiger partial charge in [0.25, 0.3) is 0 Å². The molecular formula is C25H26F3N3O2. The average molecular weight is 457 g/mol. The van der Waals surface area contributed by atoms with Crippen LogP contribution in [0.5, 0.6) is 0 Å². The number of anilines is 1. The Morgan fingerprint density at radius 2 is 2.00 bits per heavy atom. The van der Waals surface area contributed by atoms with Crippen LogP contribution in [0.2, 0.25) is 0 Å². The van der Waals surface area contributed by atoms with Crippen LogP contribution in [0.1, 0.15) is 28.7 Å². The molecule has 2 heterocycles. The molecule has 2 aliphatic rings. The Bertz CT molecular complexity index is 1100. The molecule has 0 spiro atoms. The summed E-state index contributed by atoms with van der Waals surface area (Å²) in [5, 5.41) is 19.3. The van der Waals surface area contributed by atoms with Crippen molar-refractivity contribution in [1.29, 1.82) is 5.26 Å². The van der Waals surface area contributed by atoms with Gasteiger partial charge >= 0.3 is 6.18 Å². The Morgan fingerprint density at radius 1 is 1.24 bits per heavy atom. The normalized spacial score (nSPS) is 22.7. The first-order valence-corrected chi connectivity index (χ1v) is 11.0. The molecule has 33 heavy (non-hydrogen) atoms. The fourth-order valence-corrected chi connectivity index (χ4v) is 5.11. The summed E-state index contributed by atoms with van der Waals surface area (Å²) in [6.45, 7) is 3.73. The quantitative estimate of drug-likeness (QED) is 0.759. The number of aliphatic hydroxyl groups excluding tert-OH is 1. The number of nitrogens with zero attached hydrogens (tertiary/aromatic N) is 3. The summed E-state index contributed by atoms with van der Waals surface area (Å²) in [7, 11) is 0. The summed E-state index contributed by atoms with van der Waals surface area (Å²) >= 11 is 0. The highest BCUT2D eigenvalue weighted by Gasteiger charge is 2.50. The van der Waals surface area contributed by atoms with Crippen molar-refractivity contribution < 1.29 is 23.1 Å². The number of halogens is 3. The monoisotopic (exact) mass is 457 g/mol. The van der Waals surface area contributed by atoms with E-state index in [9.17, 15) is 23.1 Å². The second-order valence-electron chi connectivity index (χ2n) is 9.13. The first-order chi connectivity index (χ1) is 15.7. The lowest BCUT2D eigenvalue weighted by atomic mass is 9.73. The third-order valence-corrected chi connectivity index (χ3v) is 7.20. The molecule has 174 valence electrons. The van der Waals surface area contributed by atoms with Crippen LogP contribution in [0.3, 0.4) is 0 Å². The first kappa shape index (κ1) is 23.1. The molecule has 2 atom stereocenters. The lowest BCUT2D eigenvalue weighted by Crippen LogP contribution is -2.49. The largest absolute Gasteiger partial charge is 0.417 e. The number of alkyl halides is 3. The van der Waals surface area contributed by atoms with Gasteiger partial charge in [-0.05, 0) is 42.7 Å². The van der Waals surface area contributed by atoms with E-state index < -0.39 is 22.7 Å². The van der Waals surface area contributed by atoms with Gasteiger partial charge in [0.2, 0.25) is 5.91 Å². The topological polar surface area (TPSA) is 67.6 Å². The van der Waals surface area contributed by atoms with Crippen LogP contribution >= 0.6 is 0 Å². The number of carbonyl (C=O) groups is 1. The number of likely N-dealkylation sites (tertiary alicyclic amines) is 1. The van der Waals surface area contributed by atoms with Crippen LogP contribution in [0, 0.1) is 29.6 Å². The highest BCUT2D eigenvalue weighted by molar-refractivity contribution is 5.79. The van der Waals surface area contributed by atoms with Gasteiger partial charge in [-0.25, -0.2) is 0 Å². The number of fused-ring (bicyclic) bond motifs is 1. The SMILES string of the molecule is Cc1ccccc1CC(=O)N1C[C@H]2CN(c3ccc(C#N)c(C(F)(F)F)c3)CC[C@@]2(CO)C1. The summed E-state index contributed by atoms with van der Waals surface area (Å²) in [6.07, 6.45) is -3.75. The second kappa shape index (κ2) is 8.71. The zero-order valence-electron chi connectivity index (χ0n) is 18.4. The number of piperidine rings is 1. The van der Waals surface area contributed by atoms with Crippen molar-refractivity contribution in [3.05, 3.63) is 64.7 Å². The minimum Gasteiger partial charge on any atom is -0.396 e. The molecule has 2 aliphatic heterocycles. The van der Waals surface area contributed by atoms with Crippen LogP contribution in [0.15, 0.2) is 42.5 Å². The molecule has 0 aliphatic carbocycles. The van der Waals surface area contributed by atoms with Gasteiger partial charge in [0.1, 0.15) is 0 Å². The molecule has 0 aromatic heterocycles. The van der Waals surface area contributed by atoms with Gasteiger partial charge in [-0.1, -0.05) is 24.3 Å². The van der Waals surface area contributed by atoms with E-state index in [0.717, 1.165) is 17.2 Å². The first-order valence-electron chi connectivity index (χ1n) is 11.0. The minimum absolute atomic E-state index is 0.00388.